The van der Waals surface area contributed by atoms with Gasteiger partial charge in [0, 0.05) is 0 Å². The van der Waals surface area contributed by atoms with Gasteiger partial charge in [0.1, 0.15) is 0 Å². The largest absolute Gasteiger partial charge is 0.317 e. The number of unbranched alkanes of at least 4 members (excludes halogenated alkanes) is 1. The molecule has 0 aromatic carbocycles. The Kier molecular flexibility index (Phi) is 5.40. The van der Waals surface area contributed by atoms with Crippen molar-refractivity contribution in [2.75, 3.05) is 33.7 Å². The van der Waals surface area contributed by atoms with Crippen LogP contribution in [0.4, 0.5) is 0 Å². The Morgan fingerprint density at radius 3 is 2.54 bits per heavy atom. The summed E-state index contributed by atoms with van der Waals surface area (Å²) in [6, 6.07) is 0. The standard InChI is InChI=1S/C11H24N2/c1-13(2)10-4-3-8-12-9-7-11-5-6-11/h11-12H,3-10H2,1-2H3. The third-order valence-corrected chi connectivity index (χ3v) is 2.64. The molecule has 0 atom stereocenters. The first-order chi connectivity index (χ1) is 6.29. The lowest BCUT2D eigenvalue weighted by molar-refractivity contribution is 0.391. The summed E-state index contributed by atoms with van der Waals surface area (Å²) in [7, 11) is 4.28. The first kappa shape index (κ1) is 11.0. The lowest BCUT2D eigenvalue weighted by Gasteiger charge is -2.09. The zero-order valence-corrected chi connectivity index (χ0v) is 9.18. The second-order valence-electron chi connectivity index (χ2n) is 4.49. The van der Waals surface area contributed by atoms with Crippen LogP contribution in [0.5, 0.6) is 0 Å². The van der Waals surface area contributed by atoms with Gasteiger partial charge in [-0.05, 0) is 58.9 Å². The molecular weight excluding hydrogens is 160 g/mol. The average Bonchev–Trinajstić information content (AvgIpc) is 2.86. The molecule has 0 aromatic rings. The van der Waals surface area contributed by atoms with Crippen LogP contribution in [0, 0.1) is 5.92 Å². The van der Waals surface area contributed by atoms with Gasteiger partial charge in [-0.25, -0.2) is 0 Å². The molecule has 0 aromatic heterocycles. The Labute approximate surface area is 82.7 Å². The molecule has 78 valence electrons. The van der Waals surface area contributed by atoms with Crippen molar-refractivity contribution in [2.45, 2.75) is 32.1 Å². The molecular formula is C11H24N2. The van der Waals surface area contributed by atoms with Crippen LogP contribution in [0.2, 0.25) is 0 Å². The second kappa shape index (κ2) is 6.39. The van der Waals surface area contributed by atoms with E-state index in [4.69, 9.17) is 0 Å². The van der Waals surface area contributed by atoms with Crippen LogP contribution in [-0.2, 0) is 0 Å². The lowest BCUT2D eigenvalue weighted by atomic mass is 10.2. The third kappa shape index (κ3) is 7.03. The molecule has 0 radical (unpaired) electrons. The summed E-state index contributed by atoms with van der Waals surface area (Å²) in [5.41, 5.74) is 0. The molecule has 1 N–H and O–H groups in total. The minimum Gasteiger partial charge on any atom is -0.317 e. The number of rotatable bonds is 8. The van der Waals surface area contributed by atoms with Gasteiger partial charge in [0.25, 0.3) is 0 Å². The normalized spacial score (nSPS) is 16.8. The van der Waals surface area contributed by atoms with Gasteiger partial charge in [-0.15, -0.1) is 0 Å². The Balaban J connectivity index is 1.68. The fourth-order valence-electron chi connectivity index (χ4n) is 1.52. The van der Waals surface area contributed by atoms with Crippen molar-refractivity contribution in [3.63, 3.8) is 0 Å². The van der Waals surface area contributed by atoms with Crippen LogP contribution in [0.25, 0.3) is 0 Å². The molecule has 0 bridgehead atoms. The monoisotopic (exact) mass is 184 g/mol. The topological polar surface area (TPSA) is 15.3 Å². The fraction of sp³-hybridized carbons (Fsp3) is 1.00. The van der Waals surface area contributed by atoms with E-state index in [9.17, 15) is 0 Å². The van der Waals surface area contributed by atoms with Gasteiger partial charge >= 0.3 is 0 Å². The van der Waals surface area contributed by atoms with Gasteiger partial charge in [-0.3, -0.25) is 0 Å². The lowest BCUT2D eigenvalue weighted by Crippen LogP contribution is -2.19. The quantitative estimate of drug-likeness (QED) is 0.578. The van der Waals surface area contributed by atoms with Crippen LogP contribution in [-0.4, -0.2) is 38.6 Å². The molecule has 1 aliphatic rings. The highest BCUT2D eigenvalue weighted by Crippen LogP contribution is 2.31. The maximum absolute atomic E-state index is 3.51. The van der Waals surface area contributed by atoms with E-state index in [1.54, 1.807) is 0 Å². The van der Waals surface area contributed by atoms with Crippen molar-refractivity contribution in [2.24, 2.45) is 5.92 Å². The van der Waals surface area contributed by atoms with E-state index in [1.165, 1.54) is 51.7 Å². The molecule has 1 saturated carbocycles. The highest BCUT2D eigenvalue weighted by atomic mass is 15.0. The smallest absolute Gasteiger partial charge is 0.00244 e. The highest BCUT2D eigenvalue weighted by Gasteiger charge is 2.19. The number of nitrogens with zero attached hydrogens (tertiary/aromatic N) is 1. The summed E-state index contributed by atoms with van der Waals surface area (Å²) in [5, 5.41) is 3.51. The Morgan fingerprint density at radius 1 is 1.15 bits per heavy atom. The van der Waals surface area contributed by atoms with Gasteiger partial charge in [0.15, 0.2) is 0 Å². The SMILES string of the molecule is CN(C)CCCCNCCC1CC1. The summed E-state index contributed by atoms with van der Waals surface area (Å²) in [5.74, 6) is 1.08. The van der Waals surface area contributed by atoms with E-state index in [0.717, 1.165) is 5.92 Å². The third-order valence-electron chi connectivity index (χ3n) is 2.64. The Morgan fingerprint density at radius 2 is 1.92 bits per heavy atom. The van der Waals surface area contributed by atoms with Crippen LogP contribution >= 0.6 is 0 Å². The maximum Gasteiger partial charge on any atom is -0.00244 e. The molecule has 0 unspecified atom stereocenters. The van der Waals surface area contributed by atoms with Gasteiger partial charge in [-0.2, -0.15) is 0 Å². The zero-order chi connectivity index (χ0) is 9.52. The van der Waals surface area contributed by atoms with Crippen LogP contribution in [0.1, 0.15) is 32.1 Å². The Hall–Kier alpha value is -0.0800. The molecule has 2 heteroatoms. The molecule has 0 aliphatic heterocycles. The highest BCUT2D eigenvalue weighted by molar-refractivity contribution is 4.73. The van der Waals surface area contributed by atoms with E-state index in [-0.39, 0.29) is 0 Å². The summed E-state index contributed by atoms with van der Waals surface area (Å²) in [6.45, 7) is 3.68. The second-order valence-corrected chi connectivity index (χ2v) is 4.49. The van der Waals surface area contributed by atoms with Crippen molar-refractivity contribution >= 4 is 0 Å². The number of hydrogen-bond donors (Lipinski definition) is 1. The van der Waals surface area contributed by atoms with Crippen LogP contribution in [0.15, 0.2) is 0 Å². The molecule has 0 amide bonds. The molecule has 1 aliphatic carbocycles. The predicted molar refractivity (Wildman–Crippen MR) is 58.0 cm³/mol. The maximum atomic E-state index is 3.51. The predicted octanol–water partition coefficient (Wildman–Crippen LogP) is 1.72. The van der Waals surface area contributed by atoms with Crippen molar-refractivity contribution in [1.29, 1.82) is 0 Å². The zero-order valence-electron chi connectivity index (χ0n) is 9.18. The van der Waals surface area contributed by atoms with Gasteiger partial charge in [-0.1, -0.05) is 12.8 Å². The van der Waals surface area contributed by atoms with Crippen LogP contribution in [0.3, 0.4) is 0 Å². The van der Waals surface area contributed by atoms with E-state index in [0.29, 0.717) is 0 Å². The summed E-state index contributed by atoms with van der Waals surface area (Å²) >= 11 is 0. The number of nitrogens with one attached hydrogen (secondary N) is 1. The molecule has 0 spiro atoms. The van der Waals surface area contributed by atoms with Gasteiger partial charge in [0.2, 0.25) is 0 Å². The molecule has 0 heterocycles. The molecule has 2 nitrogen and oxygen atoms in total. The summed E-state index contributed by atoms with van der Waals surface area (Å²) in [6.07, 6.45) is 7.03. The van der Waals surface area contributed by atoms with Crippen molar-refractivity contribution in [3.05, 3.63) is 0 Å². The first-order valence-corrected chi connectivity index (χ1v) is 5.64. The minimum absolute atomic E-state index is 1.08. The molecule has 13 heavy (non-hydrogen) atoms. The first-order valence-electron chi connectivity index (χ1n) is 5.64. The van der Waals surface area contributed by atoms with Crippen molar-refractivity contribution in [1.82, 2.24) is 10.2 Å². The molecule has 0 saturated heterocycles. The molecule has 1 rings (SSSR count). The summed E-state index contributed by atoms with van der Waals surface area (Å²) in [4.78, 5) is 2.25. The fourth-order valence-corrected chi connectivity index (χ4v) is 1.52. The van der Waals surface area contributed by atoms with E-state index in [1.807, 2.05) is 0 Å². The minimum atomic E-state index is 1.08. The van der Waals surface area contributed by atoms with Gasteiger partial charge in [0.05, 0.1) is 0 Å². The van der Waals surface area contributed by atoms with Crippen LogP contribution < -0.4 is 5.32 Å². The van der Waals surface area contributed by atoms with E-state index >= 15 is 0 Å². The molecule has 1 fully saturated rings. The van der Waals surface area contributed by atoms with E-state index < -0.39 is 0 Å². The summed E-state index contributed by atoms with van der Waals surface area (Å²) < 4.78 is 0. The average molecular weight is 184 g/mol. The van der Waals surface area contributed by atoms with E-state index in [2.05, 4.69) is 24.3 Å². The Bertz CT molecular complexity index is 113. The number of hydrogen-bond acceptors (Lipinski definition) is 2. The van der Waals surface area contributed by atoms with Crippen molar-refractivity contribution in [3.8, 4) is 0 Å². The van der Waals surface area contributed by atoms with Crippen molar-refractivity contribution < 1.29 is 0 Å². The van der Waals surface area contributed by atoms with Gasteiger partial charge < -0.3 is 10.2 Å².